The van der Waals surface area contributed by atoms with E-state index in [1.54, 1.807) is 20.3 Å². The van der Waals surface area contributed by atoms with E-state index in [4.69, 9.17) is 9.47 Å². The molecule has 0 spiro atoms. The number of rotatable bonds is 4. The van der Waals surface area contributed by atoms with Gasteiger partial charge in [-0.3, -0.25) is 4.79 Å². The molecule has 0 aromatic heterocycles. The van der Waals surface area contributed by atoms with Gasteiger partial charge in [-0.1, -0.05) is 12.8 Å². The molecule has 0 bridgehead atoms. The summed E-state index contributed by atoms with van der Waals surface area (Å²) in [5.41, 5.74) is 1.77. The number of nitrogens with one attached hydrogen (secondary N) is 1. The standard InChI is InChI=1S/C14H17NO3/c1-17-12-6-9-10(7-13(12)18-2)14(16)15-11(9)5-8-3-4-8/h6-8,11H,3-5H2,1-2H3,(H,15,16). The Balaban J connectivity index is 1.98. The van der Waals surface area contributed by atoms with Crippen molar-refractivity contribution in [2.24, 2.45) is 5.92 Å². The van der Waals surface area contributed by atoms with E-state index >= 15 is 0 Å². The summed E-state index contributed by atoms with van der Waals surface area (Å²) in [6.07, 6.45) is 3.61. The van der Waals surface area contributed by atoms with Gasteiger partial charge in [0.1, 0.15) is 0 Å². The second-order valence-corrected chi connectivity index (χ2v) is 5.00. The lowest BCUT2D eigenvalue weighted by atomic mass is 9.99. The average Bonchev–Trinajstić information content (AvgIpc) is 3.14. The molecule has 1 aromatic carbocycles. The van der Waals surface area contributed by atoms with Gasteiger partial charge < -0.3 is 14.8 Å². The first-order valence-electron chi connectivity index (χ1n) is 6.29. The Bertz CT molecular complexity index is 494. The molecule has 1 fully saturated rings. The quantitative estimate of drug-likeness (QED) is 0.888. The molecule has 0 radical (unpaired) electrons. The lowest BCUT2D eigenvalue weighted by Gasteiger charge is -2.13. The van der Waals surface area contributed by atoms with Gasteiger partial charge in [-0.15, -0.1) is 0 Å². The number of benzene rings is 1. The highest BCUT2D eigenvalue weighted by Crippen LogP contribution is 2.43. The minimum absolute atomic E-state index is 0.00315. The normalized spacial score (nSPS) is 21.4. The zero-order valence-electron chi connectivity index (χ0n) is 10.7. The van der Waals surface area contributed by atoms with Crippen LogP contribution in [-0.2, 0) is 0 Å². The van der Waals surface area contributed by atoms with Crippen molar-refractivity contribution in [1.29, 1.82) is 0 Å². The van der Waals surface area contributed by atoms with Crippen molar-refractivity contribution in [1.82, 2.24) is 5.32 Å². The first-order valence-corrected chi connectivity index (χ1v) is 6.29. The number of methoxy groups -OCH3 is 2. The van der Waals surface area contributed by atoms with Gasteiger partial charge in [0.25, 0.3) is 5.91 Å². The molecule has 3 rings (SSSR count). The summed E-state index contributed by atoms with van der Waals surface area (Å²) in [6.45, 7) is 0. The number of fused-ring (bicyclic) bond motifs is 1. The second kappa shape index (κ2) is 4.19. The molecule has 1 atom stereocenters. The van der Waals surface area contributed by atoms with Crippen LogP contribution in [0.1, 0.15) is 41.2 Å². The second-order valence-electron chi connectivity index (χ2n) is 5.00. The zero-order chi connectivity index (χ0) is 12.7. The van der Waals surface area contributed by atoms with Crippen LogP contribution in [0.5, 0.6) is 11.5 Å². The van der Waals surface area contributed by atoms with E-state index in [-0.39, 0.29) is 11.9 Å². The molecule has 4 heteroatoms. The van der Waals surface area contributed by atoms with Gasteiger partial charge >= 0.3 is 0 Å². The van der Waals surface area contributed by atoms with Crippen molar-refractivity contribution in [3.8, 4) is 11.5 Å². The predicted octanol–water partition coefficient (Wildman–Crippen LogP) is 2.29. The summed E-state index contributed by atoms with van der Waals surface area (Å²) >= 11 is 0. The largest absolute Gasteiger partial charge is 0.493 e. The Morgan fingerprint density at radius 2 is 1.89 bits per heavy atom. The Kier molecular flexibility index (Phi) is 2.65. The lowest BCUT2D eigenvalue weighted by Crippen LogP contribution is -2.19. The molecule has 1 saturated carbocycles. The molecule has 1 aliphatic carbocycles. The minimum atomic E-state index is -0.00315. The van der Waals surface area contributed by atoms with E-state index in [1.807, 2.05) is 6.07 Å². The van der Waals surface area contributed by atoms with Gasteiger partial charge in [0.15, 0.2) is 11.5 Å². The molecule has 1 unspecified atom stereocenters. The van der Waals surface area contributed by atoms with Crippen LogP contribution >= 0.6 is 0 Å². The maximum Gasteiger partial charge on any atom is 0.252 e. The first-order chi connectivity index (χ1) is 8.72. The number of hydrogen-bond acceptors (Lipinski definition) is 3. The summed E-state index contributed by atoms with van der Waals surface area (Å²) in [4.78, 5) is 11.9. The molecule has 0 saturated heterocycles. The monoisotopic (exact) mass is 247 g/mol. The number of amides is 1. The van der Waals surface area contributed by atoms with Gasteiger partial charge in [0.2, 0.25) is 0 Å². The van der Waals surface area contributed by atoms with Crippen LogP contribution in [0.3, 0.4) is 0 Å². The maximum atomic E-state index is 11.9. The Labute approximate surface area is 106 Å². The third-order valence-electron chi connectivity index (χ3n) is 3.75. The van der Waals surface area contributed by atoms with Crippen molar-refractivity contribution in [2.45, 2.75) is 25.3 Å². The van der Waals surface area contributed by atoms with Gasteiger partial charge in [-0.05, 0) is 30.0 Å². The predicted molar refractivity (Wildman–Crippen MR) is 67.1 cm³/mol. The van der Waals surface area contributed by atoms with Crippen LogP contribution in [0.25, 0.3) is 0 Å². The van der Waals surface area contributed by atoms with E-state index in [2.05, 4.69) is 5.32 Å². The van der Waals surface area contributed by atoms with E-state index in [0.717, 1.165) is 23.5 Å². The van der Waals surface area contributed by atoms with Crippen LogP contribution < -0.4 is 14.8 Å². The van der Waals surface area contributed by atoms with Crippen LogP contribution in [0.4, 0.5) is 0 Å². The number of carbonyl (C=O) groups is 1. The van der Waals surface area contributed by atoms with Crippen molar-refractivity contribution >= 4 is 5.91 Å². The third kappa shape index (κ3) is 1.82. The fourth-order valence-electron chi connectivity index (χ4n) is 2.57. The number of ether oxygens (including phenoxy) is 2. The van der Waals surface area contributed by atoms with Gasteiger partial charge in [0, 0.05) is 5.56 Å². The summed E-state index contributed by atoms with van der Waals surface area (Å²) in [7, 11) is 3.20. The summed E-state index contributed by atoms with van der Waals surface area (Å²) < 4.78 is 10.5. The molecule has 1 aromatic rings. The van der Waals surface area contributed by atoms with Crippen LogP contribution in [0.15, 0.2) is 12.1 Å². The van der Waals surface area contributed by atoms with Crippen molar-refractivity contribution in [2.75, 3.05) is 14.2 Å². The summed E-state index contributed by atoms with van der Waals surface area (Å²) in [6, 6.07) is 3.84. The van der Waals surface area contributed by atoms with Crippen LogP contribution in [0.2, 0.25) is 0 Å². The van der Waals surface area contributed by atoms with Gasteiger partial charge in [-0.25, -0.2) is 0 Å². The highest BCUT2D eigenvalue weighted by Gasteiger charge is 2.34. The Hall–Kier alpha value is -1.71. The smallest absolute Gasteiger partial charge is 0.252 e. The van der Waals surface area contributed by atoms with Gasteiger partial charge in [0.05, 0.1) is 20.3 Å². The van der Waals surface area contributed by atoms with E-state index in [9.17, 15) is 4.79 Å². The van der Waals surface area contributed by atoms with E-state index < -0.39 is 0 Å². The minimum Gasteiger partial charge on any atom is -0.493 e. The third-order valence-corrected chi connectivity index (χ3v) is 3.75. The Morgan fingerprint density at radius 3 is 2.50 bits per heavy atom. The molecule has 1 heterocycles. The SMILES string of the molecule is COc1cc2c(cc1OC)C(CC1CC1)NC2=O. The van der Waals surface area contributed by atoms with E-state index in [0.29, 0.717) is 11.5 Å². The zero-order valence-corrected chi connectivity index (χ0v) is 10.7. The van der Waals surface area contributed by atoms with Crippen molar-refractivity contribution < 1.29 is 14.3 Å². The molecular formula is C14H17NO3. The van der Waals surface area contributed by atoms with Crippen molar-refractivity contribution in [3.05, 3.63) is 23.3 Å². The maximum absolute atomic E-state index is 11.9. The molecule has 1 N–H and O–H groups in total. The fraction of sp³-hybridized carbons (Fsp3) is 0.500. The fourth-order valence-corrected chi connectivity index (χ4v) is 2.57. The molecule has 96 valence electrons. The van der Waals surface area contributed by atoms with Crippen molar-refractivity contribution in [3.63, 3.8) is 0 Å². The van der Waals surface area contributed by atoms with Crippen LogP contribution in [-0.4, -0.2) is 20.1 Å². The Morgan fingerprint density at radius 1 is 1.22 bits per heavy atom. The molecule has 18 heavy (non-hydrogen) atoms. The van der Waals surface area contributed by atoms with Gasteiger partial charge in [-0.2, -0.15) is 0 Å². The van der Waals surface area contributed by atoms with E-state index in [1.165, 1.54) is 12.8 Å². The average molecular weight is 247 g/mol. The molecular weight excluding hydrogens is 230 g/mol. The molecule has 1 amide bonds. The molecule has 1 aliphatic heterocycles. The summed E-state index contributed by atoms with van der Waals surface area (Å²) in [5.74, 6) is 2.07. The summed E-state index contributed by atoms with van der Waals surface area (Å²) in [5, 5.41) is 3.04. The highest BCUT2D eigenvalue weighted by atomic mass is 16.5. The topological polar surface area (TPSA) is 47.6 Å². The first kappa shape index (κ1) is 11.4. The van der Waals surface area contributed by atoms with Crippen LogP contribution in [0, 0.1) is 5.92 Å². The molecule has 2 aliphatic rings. The number of carbonyl (C=O) groups excluding carboxylic acids is 1. The lowest BCUT2D eigenvalue weighted by molar-refractivity contribution is 0.0954. The molecule has 4 nitrogen and oxygen atoms in total. The highest BCUT2D eigenvalue weighted by molar-refractivity contribution is 6.00. The number of hydrogen-bond donors (Lipinski definition) is 1.